The lowest BCUT2D eigenvalue weighted by atomic mass is 10.2. The molecule has 1 N–H and O–H groups in total. The minimum atomic E-state index is 0.501. The molecular formula is C16H21N3OS. The molecule has 1 aromatic heterocycles. The molecule has 3 rings (SSSR count). The number of benzene rings is 1. The Morgan fingerprint density at radius 3 is 3.00 bits per heavy atom. The molecule has 0 atom stereocenters. The van der Waals surface area contributed by atoms with Crippen LogP contribution >= 0.6 is 11.8 Å². The second-order valence-electron chi connectivity index (χ2n) is 5.79. The van der Waals surface area contributed by atoms with Gasteiger partial charge in [-0.15, -0.1) is 11.8 Å². The van der Waals surface area contributed by atoms with Crippen molar-refractivity contribution in [2.75, 3.05) is 0 Å². The van der Waals surface area contributed by atoms with Crippen molar-refractivity contribution < 1.29 is 4.52 Å². The van der Waals surface area contributed by atoms with Gasteiger partial charge in [0.1, 0.15) is 0 Å². The Balaban J connectivity index is 1.55. The minimum absolute atomic E-state index is 0.501. The fourth-order valence-electron chi connectivity index (χ4n) is 2.04. The molecule has 0 spiro atoms. The van der Waals surface area contributed by atoms with Crippen molar-refractivity contribution in [3.8, 4) is 0 Å². The lowest BCUT2D eigenvalue weighted by Gasteiger charge is -2.09. The largest absolute Gasteiger partial charge is 0.339 e. The summed E-state index contributed by atoms with van der Waals surface area (Å²) in [7, 11) is 0. The predicted molar refractivity (Wildman–Crippen MR) is 84.3 cm³/mol. The number of hydrogen-bond acceptors (Lipinski definition) is 5. The molecule has 0 unspecified atom stereocenters. The zero-order valence-corrected chi connectivity index (χ0v) is 13.3. The van der Waals surface area contributed by atoms with Crippen molar-refractivity contribution in [1.29, 1.82) is 0 Å². The Kier molecular flexibility index (Phi) is 4.60. The first-order chi connectivity index (χ1) is 10.2. The molecule has 4 nitrogen and oxygen atoms in total. The predicted octanol–water partition coefficient (Wildman–Crippen LogP) is 3.74. The van der Waals surface area contributed by atoms with E-state index in [0.717, 1.165) is 24.0 Å². The summed E-state index contributed by atoms with van der Waals surface area (Å²) in [6.45, 7) is 5.22. The van der Waals surface area contributed by atoms with E-state index in [0.29, 0.717) is 12.0 Å². The van der Waals surface area contributed by atoms with E-state index in [1.165, 1.54) is 23.3 Å². The summed E-state index contributed by atoms with van der Waals surface area (Å²) in [6, 6.07) is 9.11. The highest BCUT2D eigenvalue weighted by atomic mass is 32.2. The molecule has 0 aliphatic heterocycles. The molecule has 1 fully saturated rings. The van der Waals surface area contributed by atoms with Gasteiger partial charge in [0.05, 0.1) is 5.75 Å². The summed E-state index contributed by atoms with van der Waals surface area (Å²) in [5.41, 5.74) is 1.31. The number of thioether (sulfide) groups is 1. The van der Waals surface area contributed by atoms with Crippen LogP contribution in [0, 0.1) is 0 Å². The first kappa shape index (κ1) is 14.6. The lowest BCUT2D eigenvalue weighted by Crippen LogP contribution is -2.21. The van der Waals surface area contributed by atoms with Crippen LogP contribution in [0.25, 0.3) is 0 Å². The van der Waals surface area contributed by atoms with Gasteiger partial charge in [0.2, 0.25) is 5.89 Å². The maximum Gasteiger partial charge on any atom is 0.229 e. The molecule has 0 amide bonds. The average molecular weight is 303 g/mol. The molecule has 0 saturated heterocycles. The molecular weight excluding hydrogens is 282 g/mol. The van der Waals surface area contributed by atoms with Crippen LogP contribution < -0.4 is 5.32 Å². The Morgan fingerprint density at radius 1 is 1.38 bits per heavy atom. The Labute approximate surface area is 129 Å². The third-order valence-corrected chi connectivity index (χ3v) is 4.38. The molecule has 21 heavy (non-hydrogen) atoms. The summed E-state index contributed by atoms with van der Waals surface area (Å²) in [4.78, 5) is 5.70. The van der Waals surface area contributed by atoms with E-state index in [-0.39, 0.29) is 0 Å². The van der Waals surface area contributed by atoms with Crippen LogP contribution in [0.1, 0.15) is 49.9 Å². The SMILES string of the molecule is CC(C)NCc1cccc(SCc2noc(C3CC3)n2)c1. The molecule has 1 saturated carbocycles. The maximum absolute atomic E-state index is 5.28. The van der Waals surface area contributed by atoms with Gasteiger partial charge < -0.3 is 9.84 Å². The topological polar surface area (TPSA) is 51.0 Å². The van der Waals surface area contributed by atoms with Crippen molar-refractivity contribution in [1.82, 2.24) is 15.5 Å². The third-order valence-electron chi connectivity index (χ3n) is 3.39. The monoisotopic (exact) mass is 303 g/mol. The number of rotatable bonds is 7. The molecule has 112 valence electrons. The van der Waals surface area contributed by atoms with Crippen LogP contribution in [0.5, 0.6) is 0 Å². The number of aromatic nitrogens is 2. The van der Waals surface area contributed by atoms with Crippen molar-refractivity contribution >= 4 is 11.8 Å². The maximum atomic E-state index is 5.28. The van der Waals surface area contributed by atoms with Gasteiger partial charge in [-0.25, -0.2) is 0 Å². The zero-order chi connectivity index (χ0) is 14.7. The summed E-state index contributed by atoms with van der Waals surface area (Å²) >= 11 is 1.75. The fraction of sp³-hybridized carbons (Fsp3) is 0.500. The summed E-state index contributed by atoms with van der Waals surface area (Å²) in [5.74, 6) is 2.91. The second kappa shape index (κ2) is 6.62. The molecule has 2 aromatic rings. The van der Waals surface area contributed by atoms with Crippen molar-refractivity contribution in [3.05, 3.63) is 41.5 Å². The quantitative estimate of drug-likeness (QED) is 0.790. The van der Waals surface area contributed by atoms with Gasteiger partial charge in [-0.3, -0.25) is 0 Å². The third kappa shape index (κ3) is 4.32. The van der Waals surface area contributed by atoms with Crippen molar-refractivity contribution in [2.45, 2.75) is 55.8 Å². The van der Waals surface area contributed by atoms with Gasteiger partial charge >= 0.3 is 0 Å². The molecule has 5 heteroatoms. The van der Waals surface area contributed by atoms with Crippen LogP contribution in [0.3, 0.4) is 0 Å². The number of nitrogens with zero attached hydrogens (tertiary/aromatic N) is 2. The van der Waals surface area contributed by atoms with Crippen molar-refractivity contribution in [3.63, 3.8) is 0 Å². The Hall–Kier alpha value is -1.33. The standard InChI is InChI=1S/C16H21N3OS/c1-11(2)17-9-12-4-3-5-14(8-12)21-10-15-18-16(20-19-15)13-6-7-13/h3-5,8,11,13,17H,6-7,9-10H2,1-2H3. The molecule has 0 bridgehead atoms. The second-order valence-corrected chi connectivity index (χ2v) is 6.84. The Bertz CT molecular complexity index is 593. The molecule has 1 aromatic carbocycles. The van der Waals surface area contributed by atoms with Crippen LogP contribution in [0.4, 0.5) is 0 Å². The first-order valence-electron chi connectivity index (χ1n) is 7.48. The normalized spacial score (nSPS) is 14.8. The van der Waals surface area contributed by atoms with Gasteiger partial charge in [-0.1, -0.05) is 31.1 Å². The summed E-state index contributed by atoms with van der Waals surface area (Å²) in [6.07, 6.45) is 2.39. The highest BCUT2D eigenvalue weighted by molar-refractivity contribution is 7.98. The van der Waals surface area contributed by atoms with Crippen LogP contribution in [0.15, 0.2) is 33.7 Å². The van der Waals surface area contributed by atoms with Crippen molar-refractivity contribution in [2.24, 2.45) is 0 Å². The average Bonchev–Trinajstić information content (AvgIpc) is 3.22. The van der Waals surface area contributed by atoms with Crippen LogP contribution in [-0.4, -0.2) is 16.2 Å². The van der Waals surface area contributed by atoms with Gasteiger partial charge in [-0.2, -0.15) is 4.98 Å². The molecule has 1 aliphatic carbocycles. The minimum Gasteiger partial charge on any atom is -0.339 e. The lowest BCUT2D eigenvalue weighted by molar-refractivity contribution is 0.375. The van der Waals surface area contributed by atoms with Crippen LogP contribution in [-0.2, 0) is 12.3 Å². The molecule has 1 heterocycles. The smallest absolute Gasteiger partial charge is 0.229 e. The summed E-state index contributed by atoms with van der Waals surface area (Å²) in [5, 5.41) is 7.49. The van der Waals surface area contributed by atoms with E-state index in [1.807, 2.05) is 0 Å². The van der Waals surface area contributed by atoms with Gasteiger partial charge in [0.15, 0.2) is 5.82 Å². The van der Waals surface area contributed by atoms with Gasteiger partial charge in [0.25, 0.3) is 0 Å². The van der Waals surface area contributed by atoms with E-state index in [1.54, 1.807) is 11.8 Å². The number of hydrogen-bond donors (Lipinski definition) is 1. The number of nitrogens with one attached hydrogen (secondary N) is 1. The highest BCUT2D eigenvalue weighted by Gasteiger charge is 2.29. The fourth-order valence-corrected chi connectivity index (χ4v) is 2.86. The van der Waals surface area contributed by atoms with E-state index < -0.39 is 0 Å². The van der Waals surface area contributed by atoms with E-state index in [9.17, 15) is 0 Å². The molecule has 1 aliphatic rings. The van der Waals surface area contributed by atoms with Gasteiger partial charge in [-0.05, 0) is 30.5 Å². The van der Waals surface area contributed by atoms with Crippen LogP contribution in [0.2, 0.25) is 0 Å². The van der Waals surface area contributed by atoms with E-state index >= 15 is 0 Å². The summed E-state index contributed by atoms with van der Waals surface area (Å²) < 4.78 is 5.28. The highest BCUT2D eigenvalue weighted by Crippen LogP contribution is 2.39. The van der Waals surface area contributed by atoms with Gasteiger partial charge in [0, 0.05) is 23.4 Å². The first-order valence-corrected chi connectivity index (χ1v) is 8.47. The van der Waals surface area contributed by atoms with E-state index in [4.69, 9.17) is 4.52 Å². The van der Waals surface area contributed by atoms with E-state index in [2.05, 4.69) is 53.6 Å². The zero-order valence-electron chi connectivity index (χ0n) is 12.5. The molecule has 0 radical (unpaired) electrons. The Morgan fingerprint density at radius 2 is 2.24 bits per heavy atom.